The van der Waals surface area contributed by atoms with Crippen LogP contribution in [0.1, 0.15) is 53.8 Å². The van der Waals surface area contributed by atoms with Gasteiger partial charge in [-0.3, -0.25) is 9.59 Å². The summed E-state index contributed by atoms with van der Waals surface area (Å²) in [6, 6.07) is 16.8. The van der Waals surface area contributed by atoms with E-state index in [0.717, 1.165) is 35.8 Å². The molecule has 38 heavy (non-hydrogen) atoms. The molecule has 0 aliphatic heterocycles. The van der Waals surface area contributed by atoms with E-state index in [1.807, 2.05) is 36.4 Å². The van der Waals surface area contributed by atoms with Gasteiger partial charge in [-0.25, -0.2) is 12.7 Å². The van der Waals surface area contributed by atoms with E-state index in [4.69, 9.17) is 5.26 Å². The average molecular weight is 553 g/mol. The number of carbonyl (C=O) groups excluding carboxylic acids is 2. The molecule has 2 aromatic carbocycles. The van der Waals surface area contributed by atoms with Crippen LogP contribution < -0.4 is 10.6 Å². The summed E-state index contributed by atoms with van der Waals surface area (Å²) in [4.78, 5) is 26.8. The number of rotatable bonds is 11. The Morgan fingerprint density at radius 2 is 1.84 bits per heavy atom. The Hall–Kier alpha value is -3.26. The van der Waals surface area contributed by atoms with E-state index in [0.29, 0.717) is 29.2 Å². The smallest absolute Gasteiger partial charge is 0.262 e. The number of nitrogens with one attached hydrogen (secondary N) is 2. The van der Waals surface area contributed by atoms with Gasteiger partial charge in [-0.2, -0.15) is 5.26 Å². The number of thiophene rings is 1. The minimum Gasteiger partial charge on any atom is -0.354 e. The van der Waals surface area contributed by atoms with Gasteiger partial charge in [-0.1, -0.05) is 43.9 Å². The van der Waals surface area contributed by atoms with Crippen LogP contribution in [0.2, 0.25) is 0 Å². The molecule has 200 valence electrons. The molecule has 0 radical (unpaired) electrons. The fourth-order valence-electron chi connectivity index (χ4n) is 4.77. The minimum absolute atomic E-state index is 0.114. The molecule has 1 saturated carbocycles. The molecule has 1 heterocycles. The summed E-state index contributed by atoms with van der Waals surface area (Å²) < 4.78 is 27.8. The highest BCUT2D eigenvalue weighted by molar-refractivity contribution is 7.89. The topological polar surface area (TPSA) is 119 Å². The van der Waals surface area contributed by atoms with Crippen LogP contribution in [0.4, 0.5) is 0 Å². The van der Waals surface area contributed by atoms with Gasteiger partial charge in [0.05, 0.1) is 21.4 Å². The lowest BCUT2D eigenvalue weighted by atomic mass is 9.97. The molecule has 0 unspecified atom stereocenters. The van der Waals surface area contributed by atoms with Crippen molar-refractivity contribution in [1.29, 1.82) is 5.26 Å². The van der Waals surface area contributed by atoms with Crippen LogP contribution in [-0.4, -0.2) is 50.7 Å². The standard InChI is InChI=1S/C28H32N4O4S2/c1-32(38(35,36)23-13-11-21(19-29)12-14-23)16-6-15-30-27(33)24(17-20-7-2-3-8-20)31-28(34)26-18-22-9-4-5-10-25(22)37-26/h4-5,9-14,18,20,24H,2-3,6-8,15-17H2,1H3,(H,30,33)(H,31,34)/t24-/m0/s1. The predicted molar refractivity (Wildman–Crippen MR) is 148 cm³/mol. The normalized spacial score (nSPS) is 14.9. The van der Waals surface area contributed by atoms with E-state index >= 15 is 0 Å². The number of nitrogens with zero attached hydrogens (tertiary/aromatic N) is 2. The lowest BCUT2D eigenvalue weighted by Gasteiger charge is -2.22. The summed E-state index contributed by atoms with van der Waals surface area (Å²) in [5, 5.41) is 15.8. The molecule has 0 saturated heterocycles. The van der Waals surface area contributed by atoms with Crippen molar-refractivity contribution in [3.63, 3.8) is 0 Å². The molecule has 1 aromatic heterocycles. The van der Waals surface area contributed by atoms with Crippen molar-refractivity contribution < 1.29 is 18.0 Å². The minimum atomic E-state index is -3.70. The number of hydrogen-bond acceptors (Lipinski definition) is 6. The van der Waals surface area contributed by atoms with Crippen LogP contribution in [0.5, 0.6) is 0 Å². The predicted octanol–water partition coefficient (Wildman–Crippen LogP) is 4.28. The maximum Gasteiger partial charge on any atom is 0.262 e. The van der Waals surface area contributed by atoms with Crippen LogP contribution in [-0.2, 0) is 14.8 Å². The number of nitriles is 1. The Bertz CT molecular complexity index is 1390. The van der Waals surface area contributed by atoms with Gasteiger partial charge in [0.15, 0.2) is 0 Å². The van der Waals surface area contributed by atoms with E-state index in [-0.39, 0.29) is 29.8 Å². The van der Waals surface area contributed by atoms with Crippen LogP contribution in [0.3, 0.4) is 0 Å². The van der Waals surface area contributed by atoms with Gasteiger partial charge >= 0.3 is 0 Å². The van der Waals surface area contributed by atoms with Crippen molar-refractivity contribution in [1.82, 2.24) is 14.9 Å². The fourth-order valence-corrected chi connectivity index (χ4v) is 6.95. The summed E-state index contributed by atoms with van der Waals surface area (Å²) in [5.74, 6) is -0.0984. The molecule has 1 fully saturated rings. The van der Waals surface area contributed by atoms with Crippen LogP contribution >= 0.6 is 11.3 Å². The van der Waals surface area contributed by atoms with Crippen molar-refractivity contribution in [2.45, 2.75) is 49.5 Å². The first-order chi connectivity index (χ1) is 18.3. The van der Waals surface area contributed by atoms with Crippen LogP contribution in [0.25, 0.3) is 10.1 Å². The molecule has 2 N–H and O–H groups in total. The van der Waals surface area contributed by atoms with E-state index in [1.54, 1.807) is 0 Å². The maximum atomic E-state index is 13.1. The second-order valence-electron chi connectivity index (χ2n) is 9.67. The van der Waals surface area contributed by atoms with Gasteiger partial charge in [-0.15, -0.1) is 11.3 Å². The quantitative estimate of drug-likeness (QED) is 0.344. The molecule has 4 rings (SSSR count). The highest BCUT2D eigenvalue weighted by Gasteiger charge is 2.27. The van der Waals surface area contributed by atoms with E-state index in [1.165, 1.54) is 47.0 Å². The number of sulfonamides is 1. The zero-order chi connectivity index (χ0) is 27.1. The fraction of sp³-hybridized carbons (Fsp3) is 0.393. The maximum absolute atomic E-state index is 13.1. The average Bonchev–Trinajstić information content (AvgIpc) is 3.60. The third-order valence-electron chi connectivity index (χ3n) is 6.96. The number of amides is 2. The molecule has 2 amide bonds. The Balaban J connectivity index is 1.33. The van der Waals surface area contributed by atoms with Crippen molar-refractivity contribution >= 4 is 43.3 Å². The summed E-state index contributed by atoms with van der Waals surface area (Å²) in [7, 11) is -2.21. The number of hydrogen-bond donors (Lipinski definition) is 2. The number of fused-ring (bicyclic) bond motifs is 1. The van der Waals surface area contributed by atoms with Crippen molar-refractivity contribution in [2.75, 3.05) is 20.1 Å². The summed E-state index contributed by atoms with van der Waals surface area (Å²) in [5.41, 5.74) is 0.390. The zero-order valence-electron chi connectivity index (χ0n) is 21.4. The van der Waals surface area contributed by atoms with E-state index in [2.05, 4.69) is 10.6 Å². The molecule has 10 heteroatoms. The second kappa shape index (κ2) is 12.5. The van der Waals surface area contributed by atoms with Crippen molar-refractivity contribution in [2.24, 2.45) is 5.92 Å². The number of benzene rings is 2. The van der Waals surface area contributed by atoms with Gasteiger partial charge < -0.3 is 10.6 Å². The Labute approximate surface area is 227 Å². The first-order valence-electron chi connectivity index (χ1n) is 12.8. The molecule has 0 spiro atoms. The Morgan fingerprint density at radius 1 is 1.13 bits per heavy atom. The van der Waals surface area contributed by atoms with Crippen molar-refractivity contribution in [3.8, 4) is 6.07 Å². The molecule has 3 aromatic rings. The van der Waals surface area contributed by atoms with E-state index in [9.17, 15) is 18.0 Å². The lowest BCUT2D eigenvalue weighted by molar-refractivity contribution is -0.123. The highest BCUT2D eigenvalue weighted by atomic mass is 32.2. The summed E-state index contributed by atoms with van der Waals surface area (Å²) >= 11 is 1.41. The molecule has 1 aliphatic carbocycles. The molecular formula is C28H32N4O4S2. The first-order valence-corrected chi connectivity index (χ1v) is 15.1. The van der Waals surface area contributed by atoms with Gasteiger partial charge in [0.25, 0.3) is 5.91 Å². The summed E-state index contributed by atoms with van der Waals surface area (Å²) in [6.07, 6.45) is 5.40. The third-order valence-corrected chi connectivity index (χ3v) is 9.94. The monoisotopic (exact) mass is 552 g/mol. The number of carbonyl (C=O) groups is 2. The lowest BCUT2D eigenvalue weighted by Crippen LogP contribution is -2.48. The Kier molecular flexibility index (Phi) is 9.15. The molecule has 0 bridgehead atoms. The second-order valence-corrected chi connectivity index (χ2v) is 12.8. The van der Waals surface area contributed by atoms with Gasteiger partial charge in [0, 0.05) is 24.8 Å². The van der Waals surface area contributed by atoms with Gasteiger partial charge in [-0.05, 0) is 60.5 Å². The zero-order valence-corrected chi connectivity index (χ0v) is 23.0. The highest BCUT2D eigenvalue weighted by Crippen LogP contribution is 2.29. The van der Waals surface area contributed by atoms with E-state index < -0.39 is 16.1 Å². The largest absolute Gasteiger partial charge is 0.354 e. The SMILES string of the molecule is CN(CCCNC(=O)[C@H](CC1CCCC1)NC(=O)c1cc2ccccc2s1)S(=O)(=O)c1ccc(C#N)cc1. The summed E-state index contributed by atoms with van der Waals surface area (Å²) in [6.45, 7) is 0.496. The molecule has 8 nitrogen and oxygen atoms in total. The van der Waals surface area contributed by atoms with Gasteiger partial charge in [0.2, 0.25) is 15.9 Å². The Morgan fingerprint density at radius 3 is 2.53 bits per heavy atom. The molecule has 1 aliphatic rings. The molecular weight excluding hydrogens is 520 g/mol. The van der Waals surface area contributed by atoms with Gasteiger partial charge in [0.1, 0.15) is 6.04 Å². The molecule has 1 atom stereocenters. The third kappa shape index (κ3) is 6.78. The van der Waals surface area contributed by atoms with Crippen molar-refractivity contribution in [3.05, 3.63) is 65.0 Å². The van der Waals surface area contributed by atoms with Crippen LogP contribution in [0, 0.1) is 17.2 Å². The first kappa shape index (κ1) is 27.8. The van der Waals surface area contributed by atoms with Crippen LogP contribution in [0.15, 0.2) is 59.5 Å².